The van der Waals surface area contributed by atoms with Crippen LogP contribution in [0, 0.1) is 11.3 Å². The molecule has 3 nitrogen and oxygen atoms in total. The van der Waals surface area contributed by atoms with Crippen LogP contribution in [-0.4, -0.2) is 5.91 Å². The molecule has 0 saturated heterocycles. The summed E-state index contributed by atoms with van der Waals surface area (Å²) in [6.07, 6.45) is 5.84. The predicted molar refractivity (Wildman–Crippen MR) is 125 cm³/mol. The monoisotopic (exact) mass is 388 g/mol. The van der Waals surface area contributed by atoms with E-state index in [0.29, 0.717) is 5.69 Å². The lowest BCUT2D eigenvalue weighted by Crippen LogP contribution is -2.13. The Morgan fingerprint density at radius 1 is 1.10 bits per heavy atom. The third kappa shape index (κ3) is 7.08. The molecule has 2 aromatic carbocycles. The van der Waals surface area contributed by atoms with Crippen molar-refractivity contribution in [3.05, 3.63) is 76.9 Å². The SMILES string of the molecule is CC.CC1=CC(/C=C(/C#N)C(=O)Nc2ccc3ccccc3c2)=C(C)C1.CCC. The van der Waals surface area contributed by atoms with Crippen molar-refractivity contribution < 1.29 is 4.79 Å². The molecule has 0 radical (unpaired) electrons. The van der Waals surface area contributed by atoms with E-state index in [0.717, 1.165) is 22.8 Å². The molecule has 3 heteroatoms. The van der Waals surface area contributed by atoms with Gasteiger partial charge >= 0.3 is 0 Å². The van der Waals surface area contributed by atoms with Crippen molar-refractivity contribution in [2.45, 2.75) is 54.4 Å². The van der Waals surface area contributed by atoms with Crippen LogP contribution in [0.25, 0.3) is 10.8 Å². The molecule has 3 rings (SSSR count). The summed E-state index contributed by atoms with van der Waals surface area (Å²) >= 11 is 0. The van der Waals surface area contributed by atoms with Crippen molar-refractivity contribution in [1.29, 1.82) is 5.26 Å². The van der Waals surface area contributed by atoms with Crippen molar-refractivity contribution in [2.24, 2.45) is 0 Å². The summed E-state index contributed by atoms with van der Waals surface area (Å²) in [4.78, 5) is 12.4. The molecule has 1 amide bonds. The highest BCUT2D eigenvalue weighted by molar-refractivity contribution is 6.07. The standard InChI is InChI=1S/C21H18N2O.C3H8.C2H6/c1-14-9-15(2)18(10-14)11-19(13-22)21(24)23-20-8-7-16-5-3-4-6-17(16)12-20;1-3-2;1-2/h3-8,10-12H,9H2,1-2H3,(H,23,24);3H2,1-2H3;1-2H3/b19-11-;;. The number of nitrogens with zero attached hydrogens (tertiary/aromatic N) is 1. The number of nitriles is 1. The minimum absolute atomic E-state index is 0.114. The highest BCUT2D eigenvalue weighted by Crippen LogP contribution is 2.26. The van der Waals surface area contributed by atoms with Gasteiger partial charge in [-0.1, -0.05) is 81.7 Å². The number of rotatable bonds is 3. The molecule has 0 aromatic heterocycles. The number of carbonyl (C=O) groups excluding carboxylic acids is 1. The van der Waals surface area contributed by atoms with E-state index in [9.17, 15) is 10.1 Å². The fraction of sp³-hybridized carbons (Fsp3) is 0.308. The first-order chi connectivity index (χ1) is 14.0. The highest BCUT2D eigenvalue weighted by Gasteiger charge is 2.13. The maximum atomic E-state index is 12.4. The first-order valence-corrected chi connectivity index (χ1v) is 10.3. The molecule has 0 bridgehead atoms. The minimum atomic E-state index is -0.383. The molecule has 2 aromatic rings. The largest absolute Gasteiger partial charge is 0.321 e. The zero-order chi connectivity index (χ0) is 21.8. The van der Waals surface area contributed by atoms with Gasteiger partial charge in [-0.05, 0) is 54.8 Å². The molecular weight excluding hydrogens is 356 g/mol. The molecule has 1 aliphatic carbocycles. The first kappa shape index (κ1) is 23.9. The maximum Gasteiger partial charge on any atom is 0.266 e. The Bertz CT molecular complexity index is 972. The van der Waals surface area contributed by atoms with Gasteiger partial charge in [-0.15, -0.1) is 0 Å². The number of carbonyl (C=O) groups is 1. The molecule has 1 aliphatic rings. The van der Waals surface area contributed by atoms with E-state index in [1.54, 1.807) is 6.08 Å². The third-order valence-corrected chi connectivity index (χ3v) is 4.11. The fourth-order valence-corrected chi connectivity index (χ4v) is 2.89. The molecule has 0 spiro atoms. The van der Waals surface area contributed by atoms with Crippen LogP contribution in [0.1, 0.15) is 54.4 Å². The van der Waals surface area contributed by atoms with E-state index in [4.69, 9.17) is 0 Å². The van der Waals surface area contributed by atoms with Gasteiger partial charge in [-0.2, -0.15) is 5.26 Å². The Hall–Kier alpha value is -3.12. The van der Waals surface area contributed by atoms with Crippen LogP contribution < -0.4 is 5.32 Å². The smallest absolute Gasteiger partial charge is 0.266 e. The Morgan fingerprint density at radius 3 is 2.28 bits per heavy atom. The molecule has 1 N–H and O–H groups in total. The summed E-state index contributed by atoms with van der Waals surface area (Å²) in [6, 6.07) is 15.7. The van der Waals surface area contributed by atoms with E-state index in [1.807, 2.05) is 82.3 Å². The summed E-state index contributed by atoms with van der Waals surface area (Å²) in [5, 5.41) is 14.3. The molecule has 0 atom stereocenters. The summed E-state index contributed by atoms with van der Waals surface area (Å²) in [7, 11) is 0. The Morgan fingerprint density at radius 2 is 1.72 bits per heavy atom. The van der Waals surface area contributed by atoms with Gasteiger partial charge in [0.05, 0.1) is 0 Å². The zero-order valence-corrected chi connectivity index (χ0v) is 18.5. The van der Waals surface area contributed by atoms with Gasteiger partial charge < -0.3 is 5.32 Å². The molecule has 0 saturated carbocycles. The molecule has 0 fully saturated rings. The number of nitrogens with one attached hydrogen (secondary N) is 1. The van der Waals surface area contributed by atoms with Crippen molar-refractivity contribution in [1.82, 2.24) is 0 Å². The van der Waals surface area contributed by atoms with Gasteiger partial charge in [-0.25, -0.2) is 0 Å². The number of hydrogen-bond donors (Lipinski definition) is 1. The van der Waals surface area contributed by atoms with E-state index < -0.39 is 0 Å². The van der Waals surface area contributed by atoms with E-state index in [-0.39, 0.29) is 11.5 Å². The quantitative estimate of drug-likeness (QED) is 0.442. The third-order valence-electron chi connectivity index (χ3n) is 4.11. The molecular formula is C26H32N2O. The first-order valence-electron chi connectivity index (χ1n) is 10.3. The second-order valence-corrected chi connectivity index (χ2v) is 6.80. The minimum Gasteiger partial charge on any atom is -0.321 e. The summed E-state index contributed by atoms with van der Waals surface area (Å²) in [6.45, 7) is 12.3. The maximum absolute atomic E-state index is 12.4. The van der Waals surface area contributed by atoms with Gasteiger partial charge in [0.2, 0.25) is 0 Å². The van der Waals surface area contributed by atoms with Crippen LogP contribution >= 0.6 is 0 Å². The van der Waals surface area contributed by atoms with Gasteiger partial charge in [0.15, 0.2) is 0 Å². The van der Waals surface area contributed by atoms with Crippen LogP contribution in [0.4, 0.5) is 5.69 Å². The van der Waals surface area contributed by atoms with Crippen LogP contribution in [0.3, 0.4) is 0 Å². The lowest BCUT2D eigenvalue weighted by molar-refractivity contribution is -0.112. The lowest BCUT2D eigenvalue weighted by Gasteiger charge is -2.06. The van der Waals surface area contributed by atoms with Crippen molar-refractivity contribution >= 4 is 22.4 Å². The van der Waals surface area contributed by atoms with Crippen molar-refractivity contribution in [2.75, 3.05) is 5.32 Å². The van der Waals surface area contributed by atoms with E-state index in [1.165, 1.54) is 17.6 Å². The average Bonchev–Trinajstić information content (AvgIpc) is 3.04. The molecule has 152 valence electrons. The summed E-state index contributed by atoms with van der Waals surface area (Å²) < 4.78 is 0. The van der Waals surface area contributed by atoms with Gasteiger partial charge in [0.1, 0.15) is 11.6 Å². The average molecular weight is 389 g/mol. The fourth-order valence-electron chi connectivity index (χ4n) is 2.89. The van der Waals surface area contributed by atoms with E-state index >= 15 is 0 Å². The lowest BCUT2D eigenvalue weighted by atomic mass is 10.1. The number of hydrogen-bond acceptors (Lipinski definition) is 2. The Kier molecular flexibility index (Phi) is 10.2. The summed E-state index contributed by atoms with van der Waals surface area (Å²) in [5.41, 5.74) is 4.18. The number of fused-ring (bicyclic) bond motifs is 1. The van der Waals surface area contributed by atoms with Crippen molar-refractivity contribution in [3.8, 4) is 6.07 Å². The predicted octanol–water partition coefficient (Wildman–Crippen LogP) is 7.34. The Balaban J connectivity index is 0.000000771. The Labute approximate surface area is 175 Å². The second-order valence-electron chi connectivity index (χ2n) is 6.80. The van der Waals surface area contributed by atoms with Crippen LogP contribution in [0.2, 0.25) is 0 Å². The van der Waals surface area contributed by atoms with Crippen LogP contribution in [-0.2, 0) is 4.79 Å². The number of benzene rings is 2. The van der Waals surface area contributed by atoms with Gasteiger partial charge in [-0.3, -0.25) is 4.79 Å². The number of amides is 1. The molecule has 0 aliphatic heterocycles. The molecule has 29 heavy (non-hydrogen) atoms. The summed E-state index contributed by atoms with van der Waals surface area (Å²) in [5.74, 6) is -0.383. The molecule has 0 unspecified atom stereocenters. The topological polar surface area (TPSA) is 52.9 Å². The van der Waals surface area contributed by atoms with Crippen molar-refractivity contribution in [3.63, 3.8) is 0 Å². The number of anilines is 1. The zero-order valence-electron chi connectivity index (χ0n) is 18.5. The number of allylic oxidation sites excluding steroid dienone is 5. The van der Waals surface area contributed by atoms with Crippen LogP contribution in [0.5, 0.6) is 0 Å². The molecule has 0 heterocycles. The highest BCUT2D eigenvalue weighted by atomic mass is 16.1. The normalized spacial score (nSPS) is 12.9. The van der Waals surface area contributed by atoms with Crippen LogP contribution in [0.15, 0.2) is 76.9 Å². The van der Waals surface area contributed by atoms with Gasteiger partial charge in [0.25, 0.3) is 5.91 Å². The second kappa shape index (κ2) is 12.4. The van der Waals surface area contributed by atoms with Gasteiger partial charge in [0, 0.05) is 5.69 Å². The van der Waals surface area contributed by atoms with E-state index in [2.05, 4.69) is 19.2 Å².